The quantitative estimate of drug-likeness (QED) is 0.449. The van der Waals surface area contributed by atoms with Crippen LogP contribution in [0.15, 0.2) is 6.20 Å². The number of aliphatic hydroxyl groups is 1. The molecule has 28 heavy (non-hydrogen) atoms. The molecule has 1 saturated carbocycles. The van der Waals surface area contributed by atoms with Crippen LogP contribution in [0.1, 0.15) is 18.5 Å². The maximum absolute atomic E-state index is 10.2. The van der Waals surface area contributed by atoms with Gasteiger partial charge in [0.15, 0.2) is 6.29 Å². The Morgan fingerprint density at radius 1 is 1.07 bits per heavy atom. The molecule has 0 amide bonds. The van der Waals surface area contributed by atoms with Crippen molar-refractivity contribution < 1.29 is 33.5 Å². The zero-order chi connectivity index (χ0) is 19.3. The second-order valence-electron chi connectivity index (χ2n) is 7.36. The third kappa shape index (κ3) is 4.88. The Hall–Kier alpha value is -1.14. The lowest BCUT2D eigenvalue weighted by molar-refractivity contribution is -0.233. The van der Waals surface area contributed by atoms with Crippen LogP contribution in [0.25, 0.3) is 0 Å². The maximum atomic E-state index is 10.2. The van der Waals surface area contributed by atoms with Crippen LogP contribution in [0.3, 0.4) is 0 Å². The molecule has 10 heteroatoms. The predicted octanol–water partition coefficient (Wildman–Crippen LogP) is -0.262. The first kappa shape index (κ1) is 20.1. The minimum absolute atomic E-state index is 0.0192. The number of aliphatic hydroxyl groups excluding tert-OH is 1. The fourth-order valence-corrected chi connectivity index (χ4v) is 3.51. The summed E-state index contributed by atoms with van der Waals surface area (Å²) in [6, 6.07) is 0. The third-order valence-electron chi connectivity index (χ3n) is 5.20. The van der Waals surface area contributed by atoms with Gasteiger partial charge in [-0.1, -0.05) is 5.21 Å². The highest BCUT2D eigenvalue weighted by atomic mass is 16.7. The van der Waals surface area contributed by atoms with Gasteiger partial charge < -0.3 is 33.5 Å². The van der Waals surface area contributed by atoms with Gasteiger partial charge in [0.2, 0.25) is 0 Å². The molecule has 0 radical (unpaired) electrons. The fraction of sp³-hybridized carbons (Fsp3) is 0.889. The van der Waals surface area contributed by atoms with Gasteiger partial charge in [0.25, 0.3) is 0 Å². The molecular weight excluding hydrogens is 370 g/mol. The molecule has 158 valence electrons. The standard InChI is InChI=1S/C18H29N3O7/c1-23-5-4-21-10-13(19-20-21)11-25-7-6-24-8-9-26-18-14(22)16-17(28-18)15(27-16)12-2-3-12/h10,12,14-18,22H,2-9,11H2,1H3. The van der Waals surface area contributed by atoms with Crippen molar-refractivity contribution in [1.82, 2.24) is 15.0 Å². The third-order valence-corrected chi connectivity index (χ3v) is 5.20. The number of aromatic nitrogens is 3. The van der Waals surface area contributed by atoms with Crippen LogP contribution >= 0.6 is 0 Å². The SMILES string of the molecule is COCCn1cc(COCCOCCOC2OC3C(C4CC4)OC3C2O)nn1. The van der Waals surface area contributed by atoms with E-state index in [1.807, 2.05) is 6.20 Å². The average Bonchev–Trinajstić information content (AvgIpc) is 3.35. The second-order valence-corrected chi connectivity index (χ2v) is 7.36. The number of ether oxygens (including phenoxy) is 6. The Bertz CT molecular complexity index is 612. The lowest BCUT2D eigenvalue weighted by Crippen LogP contribution is -2.55. The Morgan fingerprint density at radius 3 is 2.71 bits per heavy atom. The molecule has 5 unspecified atom stereocenters. The van der Waals surface area contributed by atoms with Gasteiger partial charge in [-0.3, -0.25) is 0 Å². The van der Waals surface area contributed by atoms with Crippen molar-refractivity contribution in [2.24, 2.45) is 5.92 Å². The van der Waals surface area contributed by atoms with Crippen LogP contribution in [0.5, 0.6) is 0 Å². The van der Waals surface area contributed by atoms with Crippen LogP contribution in [-0.4, -0.2) is 91.0 Å². The summed E-state index contributed by atoms with van der Waals surface area (Å²) in [5.41, 5.74) is 0.771. The first-order valence-electron chi connectivity index (χ1n) is 9.90. The van der Waals surface area contributed by atoms with E-state index < -0.39 is 12.4 Å². The van der Waals surface area contributed by atoms with E-state index in [4.69, 9.17) is 28.4 Å². The van der Waals surface area contributed by atoms with E-state index in [1.54, 1.807) is 11.8 Å². The molecule has 0 spiro atoms. The van der Waals surface area contributed by atoms with Gasteiger partial charge in [-0.25, -0.2) is 4.68 Å². The lowest BCUT2D eigenvalue weighted by Gasteiger charge is -2.39. The minimum atomic E-state index is -0.722. The molecule has 3 heterocycles. The summed E-state index contributed by atoms with van der Waals surface area (Å²) >= 11 is 0. The molecule has 2 saturated heterocycles. The summed E-state index contributed by atoms with van der Waals surface area (Å²) < 4.78 is 34.9. The van der Waals surface area contributed by atoms with Crippen molar-refractivity contribution in [2.45, 2.75) is 56.7 Å². The Morgan fingerprint density at radius 2 is 1.89 bits per heavy atom. The Balaban J connectivity index is 1.01. The molecule has 1 aliphatic carbocycles. The Kier molecular flexibility index (Phi) is 6.89. The van der Waals surface area contributed by atoms with E-state index >= 15 is 0 Å². The first-order chi connectivity index (χ1) is 13.8. The van der Waals surface area contributed by atoms with Gasteiger partial charge in [-0.2, -0.15) is 0 Å². The number of hydrogen-bond acceptors (Lipinski definition) is 9. The largest absolute Gasteiger partial charge is 0.385 e. The second kappa shape index (κ2) is 9.57. The van der Waals surface area contributed by atoms with Gasteiger partial charge in [0.05, 0.1) is 58.5 Å². The average molecular weight is 399 g/mol. The molecular formula is C18H29N3O7. The van der Waals surface area contributed by atoms with Crippen molar-refractivity contribution in [3.8, 4) is 0 Å². The molecule has 1 N–H and O–H groups in total. The fourth-order valence-electron chi connectivity index (χ4n) is 3.51. The summed E-state index contributed by atoms with van der Waals surface area (Å²) in [4.78, 5) is 0. The van der Waals surface area contributed by atoms with E-state index in [1.165, 1.54) is 12.8 Å². The van der Waals surface area contributed by atoms with Crippen molar-refractivity contribution in [3.05, 3.63) is 11.9 Å². The maximum Gasteiger partial charge on any atom is 0.186 e. The zero-order valence-corrected chi connectivity index (χ0v) is 16.1. The van der Waals surface area contributed by atoms with E-state index in [2.05, 4.69) is 10.3 Å². The van der Waals surface area contributed by atoms with Gasteiger partial charge in [0.1, 0.15) is 24.0 Å². The number of hydrogen-bond donors (Lipinski definition) is 1. The van der Waals surface area contributed by atoms with Crippen molar-refractivity contribution in [1.29, 1.82) is 0 Å². The summed E-state index contributed by atoms with van der Waals surface area (Å²) in [5, 5.41) is 18.2. The zero-order valence-electron chi connectivity index (χ0n) is 16.1. The van der Waals surface area contributed by atoms with E-state index in [0.29, 0.717) is 52.1 Å². The molecule has 2 aliphatic heterocycles. The van der Waals surface area contributed by atoms with E-state index in [0.717, 1.165) is 5.69 Å². The molecule has 4 rings (SSSR count). The monoisotopic (exact) mass is 399 g/mol. The van der Waals surface area contributed by atoms with Crippen LogP contribution in [0.4, 0.5) is 0 Å². The van der Waals surface area contributed by atoms with Crippen molar-refractivity contribution >= 4 is 0 Å². The molecule has 10 nitrogen and oxygen atoms in total. The smallest absolute Gasteiger partial charge is 0.186 e. The number of nitrogens with zero attached hydrogens (tertiary/aromatic N) is 3. The number of methoxy groups -OCH3 is 1. The van der Waals surface area contributed by atoms with Gasteiger partial charge >= 0.3 is 0 Å². The minimum Gasteiger partial charge on any atom is -0.385 e. The van der Waals surface area contributed by atoms with Gasteiger partial charge in [-0.05, 0) is 18.8 Å². The van der Waals surface area contributed by atoms with Gasteiger partial charge in [0, 0.05) is 7.11 Å². The molecule has 3 fully saturated rings. The van der Waals surface area contributed by atoms with E-state index in [9.17, 15) is 5.11 Å². The normalized spacial score (nSPS) is 31.7. The molecule has 0 aromatic carbocycles. The predicted molar refractivity (Wildman–Crippen MR) is 94.4 cm³/mol. The van der Waals surface area contributed by atoms with E-state index in [-0.39, 0.29) is 18.3 Å². The Labute approximate surface area is 164 Å². The summed E-state index contributed by atoms with van der Waals surface area (Å²) in [5.74, 6) is 0.602. The van der Waals surface area contributed by atoms with Crippen LogP contribution in [-0.2, 0) is 41.6 Å². The summed E-state index contributed by atoms with van der Waals surface area (Å²) in [6.45, 7) is 3.31. The highest BCUT2D eigenvalue weighted by Gasteiger charge is 2.60. The van der Waals surface area contributed by atoms with Crippen molar-refractivity contribution in [3.63, 3.8) is 0 Å². The van der Waals surface area contributed by atoms with Crippen LogP contribution < -0.4 is 0 Å². The van der Waals surface area contributed by atoms with Gasteiger partial charge in [-0.15, -0.1) is 5.10 Å². The molecule has 1 aromatic heterocycles. The highest BCUT2D eigenvalue weighted by Crippen LogP contribution is 2.47. The lowest BCUT2D eigenvalue weighted by atomic mass is 9.95. The van der Waals surface area contributed by atoms with Crippen LogP contribution in [0.2, 0.25) is 0 Å². The van der Waals surface area contributed by atoms with Crippen molar-refractivity contribution in [2.75, 3.05) is 40.1 Å². The van der Waals surface area contributed by atoms with Crippen LogP contribution in [0, 0.1) is 5.92 Å². The molecule has 1 aromatic rings. The number of rotatable bonds is 13. The summed E-state index contributed by atoms with van der Waals surface area (Å²) in [7, 11) is 1.65. The first-order valence-corrected chi connectivity index (χ1v) is 9.90. The molecule has 5 atom stereocenters. The number of fused-ring (bicyclic) bond motifs is 1. The molecule has 0 bridgehead atoms. The topological polar surface area (TPSA) is 106 Å². The summed E-state index contributed by atoms with van der Waals surface area (Å²) in [6.07, 6.45) is 2.77. The molecule has 3 aliphatic rings. The highest BCUT2D eigenvalue weighted by molar-refractivity contribution is 5.05.